The summed E-state index contributed by atoms with van der Waals surface area (Å²) < 4.78 is 0.950. The summed E-state index contributed by atoms with van der Waals surface area (Å²) in [5.74, 6) is 0.102. The normalized spacial score (nSPS) is 15.7. The lowest BCUT2D eigenvalue weighted by Gasteiger charge is -2.16. The molecule has 2 rings (SSSR count). The van der Waals surface area contributed by atoms with Crippen molar-refractivity contribution in [2.45, 2.75) is 17.7 Å². The SMILES string of the molecule is O=C(c1ccc(Br)cc1S)N1CCCC1. The van der Waals surface area contributed by atoms with E-state index in [2.05, 4.69) is 28.6 Å². The number of likely N-dealkylation sites (tertiary alicyclic amines) is 1. The lowest BCUT2D eigenvalue weighted by atomic mass is 10.2. The molecule has 1 saturated heterocycles. The second kappa shape index (κ2) is 4.58. The Labute approximate surface area is 103 Å². The Balaban J connectivity index is 2.24. The maximum Gasteiger partial charge on any atom is 0.254 e. The van der Waals surface area contributed by atoms with Crippen LogP contribution in [-0.4, -0.2) is 23.9 Å². The van der Waals surface area contributed by atoms with E-state index in [-0.39, 0.29) is 5.91 Å². The van der Waals surface area contributed by atoms with E-state index in [1.807, 2.05) is 23.1 Å². The van der Waals surface area contributed by atoms with E-state index in [9.17, 15) is 4.79 Å². The van der Waals surface area contributed by atoms with Crippen molar-refractivity contribution in [3.05, 3.63) is 28.2 Å². The summed E-state index contributed by atoms with van der Waals surface area (Å²) in [6.07, 6.45) is 2.23. The van der Waals surface area contributed by atoms with Crippen molar-refractivity contribution in [3.63, 3.8) is 0 Å². The summed E-state index contributed by atoms with van der Waals surface area (Å²) in [4.78, 5) is 14.7. The molecule has 0 spiro atoms. The van der Waals surface area contributed by atoms with E-state index < -0.39 is 0 Å². The van der Waals surface area contributed by atoms with Crippen LogP contribution < -0.4 is 0 Å². The number of hydrogen-bond acceptors (Lipinski definition) is 2. The molecule has 1 aromatic carbocycles. The van der Waals surface area contributed by atoms with Crippen molar-refractivity contribution in [1.29, 1.82) is 0 Å². The first-order valence-corrected chi connectivity index (χ1v) is 6.20. The molecule has 4 heteroatoms. The molecule has 1 amide bonds. The maximum atomic E-state index is 12.0. The van der Waals surface area contributed by atoms with E-state index in [1.54, 1.807) is 0 Å². The lowest BCUT2D eigenvalue weighted by Crippen LogP contribution is -2.27. The van der Waals surface area contributed by atoms with Crippen LogP contribution in [0.2, 0.25) is 0 Å². The van der Waals surface area contributed by atoms with Gasteiger partial charge in [0.1, 0.15) is 0 Å². The molecule has 0 saturated carbocycles. The molecule has 0 unspecified atom stereocenters. The summed E-state index contributed by atoms with van der Waals surface area (Å²) in [6.45, 7) is 1.75. The third-order valence-corrected chi connectivity index (χ3v) is 3.45. The maximum absolute atomic E-state index is 12.0. The fraction of sp³-hybridized carbons (Fsp3) is 0.364. The van der Waals surface area contributed by atoms with Crippen LogP contribution >= 0.6 is 28.6 Å². The van der Waals surface area contributed by atoms with Gasteiger partial charge in [0.15, 0.2) is 0 Å². The Bertz CT molecular complexity index is 388. The van der Waals surface area contributed by atoms with Crippen molar-refractivity contribution >= 4 is 34.5 Å². The van der Waals surface area contributed by atoms with Crippen LogP contribution in [0.1, 0.15) is 23.2 Å². The van der Waals surface area contributed by atoms with Crippen LogP contribution in [0.5, 0.6) is 0 Å². The van der Waals surface area contributed by atoms with Crippen LogP contribution in [0.3, 0.4) is 0 Å². The van der Waals surface area contributed by atoms with Gasteiger partial charge in [-0.15, -0.1) is 12.6 Å². The molecule has 15 heavy (non-hydrogen) atoms. The highest BCUT2D eigenvalue weighted by Crippen LogP contribution is 2.22. The Kier molecular flexibility index (Phi) is 3.36. The standard InChI is InChI=1S/C11H12BrNOS/c12-8-3-4-9(10(15)7-8)11(14)13-5-1-2-6-13/h3-4,7,15H,1-2,5-6H2. The van der Waals surface area contributed by atoms with Gasteiger partial charge in [-0.1, -0.05) is 15.9 Å². The highest BCUT2D eigenvalue weighted by molar-refractivity contribution is 9.10. The molecule has 1 heterocycles. The zero-order chi connectivity index (χ0) is 10.8. The van der Waals surface area contributed by atoms with Crippen LogP contribution in [0, 0.1) is 0 Å². The largest absolute Gasteiger partial charge is 0.339 e. The van der Waals surface area contributed by atoms with Crippen molar-refractivity contribution in [2.75, 3.05) is 13.1 Å². The predicted octanol–water partition coefficient (Wildman–Crippen LogP) is 2.97. The van der Waals surface area contributed by atoms with E-state index in [0.717, 1.165) is 35.3 Å². The van der Waals surface area contributed by atoms with Crippen LogP contribution in [0.25, 0.3) is 0 Å². The number of carbonyl (C=O) groups is 1. The second-order valence-corrected chi connectivity index (χ2v) is 5.06. The minimum Gasteiger partial charge on any atom is -0.339 e. The quantitative estimate of drug-likeness (QED) is 0.787. The van der Waals surface area contributed by atoms with Gasteiger partial charge in [0.05, 0.1) is 5.56 Å². The minimum absolute atomic E-state index is 0.102. The van der Waals surface area contributed by atoms with E-state index in [4.69, 9.17) is 0 Å². The van der Waals surface area contributed by atoms with E-state index in [1.165, 1.54) is 0 Å². The number of hydrogen-bond donors (Lipinski definition) is 1. The number of rotatable bonds is 1. The molecule has 0 aromatic heterocycles. The van der Waals surface area contributed by atoms with Gasteiger partial charge in [-0.25, -0.2) is 0 Å². The first-order valence-electron chi connectivity index (χ1n) is 4.96. The summed E-state index contributed by atoms with van der Waals surface area (Å²) in [7, 11) is 0. The number of benzene rings is 1. The molecule has 1 aromatic rings. The first kappa shape index (κ1) is 11.0. The Morgan fingerprint density at radius 2 is 2.00 bits per heavy atom. The second-order valence-electron chi connectivity index (χ2n) is 3.66. The van der Waals surface area contributed by atoms with Crippen LogP contribution in [-0.2, 0) is 0 Å². The third kappa shape index (κ3) is 2.37. The smallest absolute Gasteiger partial charge is 0.254 e. The molecule has 1 aliphatic heterocycles. The number of halogens is 1. The van der Waals surface area contributed by atoms with Gasteiger partial charge < -0.3 is 4.90 Å². The zero-order valence-corrected chi connectivity index (χ0v) is 10.7. The molecule has 0 N–H and O–H groups in total. The topological polar surface area (TPSA) is 20.3 Å². The summed E-state index contributed by atoms with van der Waals surface area (Å²) in [5.41, 5.74) is 0.698. The van der Waals surface area contributed by atoms with Gasteiger partial charge >= 0.3 is 0 Å². The number of thiol groups is 1. The van der Waals surface area contributed by atoms with Gasteiger partial charge in [0.2, 0.25) is 0 Å². The van der Waals surface area contributed by atoms with Crippen molar-refractivity contribution in [2.24, 2.45) is 0 Å². The molecule has 0 atom stereocenters. The summed E-state index contributed by atoms with van der Waals surface area (Å²) in [5, 5.41) is 0. The minimum atomic E-state index is 0.102. The fourth-order valence-corrected chi connectivity index (χ4v) is 2.62. The van der Waals surface area contributed by atoms with Crippen molar-refractivity contribution < 1.29 is 4.79 Å². The molecule has 0 bridgehead atoms. The number of nitrogens with zero attached hydrogens (tertiary/aromatic N) is 1. The molecule has 2 nitrogen and oxygen atoms in total. The molecular weight excluding hydrogens is 274 g/mol. The van der Waals surface area contributed by atoms with Gasteiger partial charge in [-0.2, -0.15) is 0 Å². The monoisotopic (exact) mass is 285 g/mol. The summed E-state index contributed by atoms with van der Waals surface area (Å²) in [6, 6.07) is 5.56. The highest BCUT2D eigenvalue weighted by Gasteiger charge is 2.20. The third-order valence-electron chi connectivity index (χ3n) is 2.58. The van der Waals surface area contributed by atoms with Gasteiger partial charge in [0.25, 0.3) is 5.91 Å². The highest BCUT2D eigenvalue weighted by atomic mass is 79.9. The van der Waals surface area contributed by atoms with Gasteiger partial charge in [-0.3, -0.25) is 4.79 Å². The van der Waals surface area contributed by atoms with Gasteiger partial charge in [0, 0.05) is 22.5 Å². The first-order chi connectivity index (χ1) is 7.18. The van der Waals surface area contributed by atoms with E-state index >= 15 is 0 Å². The predicted molar refractivity (Wildman–Crippen MR) is 66.5 cm³/mol. The zero-order valence-electron chi connectivity index (χ0n) is 8.24. The average molecular weight is 286 g/mol. The molecule has 0 aliphatic carbocycles. The average Bonchev–Trinajstić information content (AvgIpc) is 2.69. The molecular formula is C11H12BrNOS. The Morgan fingerprint density at radius 3 is 2.60 bits per heavy atom. The number of amides is 1. The van der Waals surface area contributed by atoms with Crippen LogP contribution in [0.4, 0.5) is 0 Å². The molecule has 80 valence electrons. The van der Waals surface area contributed by atoms with Crippen molar-refractivity contribution in [3.8, 4) is 0 Å². The Hall–Kier alpha value is -0.480. The molecule has 1 fully saturated rings. The molecule has 0 radical (unpaired) electrons. The molecule has 1 aliphatic rings. The lowest BCUT2D eigenvalue weighted by molar-refractivity contribution is 0.0789. The van der Waals surface area contributed by atoms with Gasteiger partial charge in [-0.05, 0) is 31.0 Å². The number of carbonyl (C=O) groups excluding carboxylic acids is 1. The fourth-order valence-electron chi connectivity index (χ4n) is 1.78. The van der Waals surface area contributed by atoms with Crippen molar-refractivity contribution in [1.82, 2.24) is 4.90 Å². The van der Waals surface area contributed by atoms with Crippen LogP contribution in [0.15, 0.2) is 27.6 Å². The van der Waals surface area contributed by atoms with E-state index in [0.29, 0.717) is 5.56 Å². The Morgan fingerprint density at radius 1 is 1.33 bits per heavy atom. The summed E-state index contributed by atoms with van der Waals surface area (Å²) >= 11 is 7.68.